The quantitative estimate of drug-likeness (QED) is 0.654. The number of likely N-dealkylation sites (tertiary alicyclic amines) is 1. The summed E-state index contributed by atoms with van der Waals surface area (Å²) in [5.74, 6) is 6.32. The second kappa shape index (κ2) is 7.78. The number of furan rings is 1. The Kier molecular flexibility index (Phi) is 5.18. The van der Waals surface area contributed by atoms with Gasteiger partial charge >= 0.3 is 0 Å². The number of carbonyl (C=O) groups excluding carboxylic acids is 1. The molecule has 6 nitrogen and oxygen atoms in total. The molecule has 1 amide bonds. The molecule has 1 fully saturated rings. The van der Waals surface area contributed by atoms with E-state index in [1.165, 1.54) is 7.11 Å². The van der Waals surface area contributed by atoms with E-state index >= 15 is 0 Å². The molecular formula is C22H19ClN2O4. The van der Waals surface area contributed by atoms with Gasteiger partial charge in [0.05, 0.1) is 7.11 Å². The van der Waals surface area contributed by atoms with Crippen LogP contribution in [0.2, 0.25) is 5.02 Å². The van der Waals surface area contributed by atoms with Crippen LogP contribution in [0.4, 0.5) is 0 Å². The lowest BCUT2D eigenvalue weighted by Crippen LogP contribution is -2.46. The number of fused-ring (bicyclic) bond motifs is 1. The van der Waals surface area contributed by atoms with Crippen LogP contribution >= 0.6 is 11.6 Å². The van der Waals surface area contributed by atoms with Crippen LogP contribution in [-0.2, 0) is 0 Å². The lowest BCUT2D eigenvalue weighted by Gasteiger charge is -2.34. The Morgan fingerprint density at radius 1 is 1.28 bits per heavy atom. The van der Waals surface area contributed by atoms with E-state index in [1.54, 1.807) is 35.2 Å². The maximum absolute atomic E-state index is 12.8. The number of nitrogens with zero attached hydrogens (tertiary/aromatic N) is 2. The zero-order valence-corrected chi connectivity index (χ0v) is 16.6. The largest absolute Gasteiger partial charge is 0.481 e. The zero-order chi connectivity index (χ0) is 20.4. The van der Waals surface area contributed by atoms with Gasteiger partial charge in [-0.15, -0.1) is 0 Å². The second-order valence-electron chi connectivity index (χ2n) is 6.94. The number of carbonyl (C=O) groups is 1. The Morgan fingerprint density at radius 2 is 2.07 bits per heavy atom. The predicted octanol–water partition coefficient (Wildman–Crippen LogP) is 3.51. The normalized spacial score (nSPS) is 15.6. The molecular weight excluding hydrogens is 392 g/mol. The molecule has 0 unspecified atom stereocenters. The minimum absolute atomic E-state index is 0.219. The van der Waals surface area contributed by atoms with Crippen LogP contribution in [-0.4, -0.2) is 46.7 Å². The maximum Gasteiger partial charge on any atom is 0.289 e. The third-order valence-electron chi connectivity index (χ3n) is 4.92. The smallest absolute Gasteiger partial charge is 0.289 e. The molecule has 1 aromatic carbocycles. The summed E-state index contributed by atoms with van der Waals surface area (Å²) in [5, 5.41) is 12.1. The number of methoxy groups -OCH3 is 1. The van der Waals surface area contributed by atoms with E-state index in [4.69, 9.17) is 20.8 Å². The van der Waals surface area contributed by atoms with Crippen LogP contribution in [0.3, 0.4) is 0 Å². The molecule has 1 N–H and O–H groups in total. The molecule has 1 aliphatic heterocycles. The van der Waals surface area contributed by atoms with E-state index in [9.17, 15) is 9.90 Å². The number of aromatic nitrogens is 1. The molecule has 3 aromatic rings. The first-order valence-electron chi connectivity index (χ1n) is 9.21. The van der Waals surface area contributed by atoms with Crippen LogP contribution in [0, 0.1) is 11.8 Å². The highest BCUT2D eigenvalue weighted by atomic mass is 35.5. The van der Waals surface area contributed by atoms with Gasteiger partial charge in [-0.25, -0.2) is 0 Å². The van der Waals surface area contributed by atoms with Gasteiger partial charge in [-0.1, -0.05) is 29.5 Å². The van der Waals surface area contributed by atoms with Gasteiger partial charge < -0.3 is 19.2 Å². The molecule has 1 aliphatic rings. The SMILES string of the molecule is COc1ccc2cc(C(=O)N3CCC(O)(C#Cc4cccc(Cl)c4)CC3)oc2n1. The average molecular weight is 411 g/mol. The van der Waals surface area contributed by atoms with Gasteiger partial charge in [0.25, 0.3) is 5.91 Å². The topological polar surface area (TPSA) is 75.8 Å². The first kappa shape index (κ1) is 19.3. The Bertz CT molecular complexity index is 1120. The number of aliphatic hydroxyl groups is 1. The maximum atomic E-state index is 12.8. The molecule has 0 aliphatic carbocycles. The van der Waals surface area contributed by atoms with E-state index in [-0.39, 0.29) is 11.7 Å². The highest BCUT2D eigenvalue weighted by Gasteiger charge is 2.33. The van der Waals surface area contributed by atoms with E-state index in [0.29, 0.717) is 42.5 Å². The number of rotatable bonds is 2. The molecule has 1 saturated heterocycles. The fraction of sp³-hybridized carbons (Fsp3) is 0.273. The van der Waals surface area contributed by atoms with Crippen LogP contribution in [0.1, 0.15) is 29.0 Å². The third kappa shape index (κ3) is 4.21. The lowest BCUT2D eigenvalue weighted by molar-refractivity contribution is 0.0235. The van der Waals surface area contributed by atoms with Gasteiger partial charge in [0, 0.05) is 48.0 Å². The number of halogens is 1. The van der Waals surface area contributed by atoms with E-state index in [0.717, 1.165) is 10.9 Å². The standard InChI is InChI=1S/C22H19ClN2O4/c1-28-19-6-5-16-14-18(29-20(16)24-19)21(26)25-11-9-22(27,10-12-25)8-7-15-3-2-4-17(23)13-15/h2-6,13-14,27H,9-12H2,1H3. The van der Waals surface area contributed by atoms with Gasteiger partial charge in [-0.2, -0.15) is 4.98 Å². The van der Waals surface area contributed by atoms with E-state index in [2.05, 4.69) is 16.8 Å². The van der Waals surface area contributed by atoms with Crippen molar-refractivity contribution in [3.8, 4) is 17.7 Å². The first-order chi connectivity index (χ1) is 14.0. The number of hydrogen-bond donors (Lipinski definition) is 1. The van der Waals surface area contributed by atoms with Crippen molar-refractivity contribution in [2.75, 3.05) is 20.2 Å². The summed E-state index contributed by atoms with van der Waals surface area (Å²) in [7, 11) is 1.52. The van der Waals surface area contributed by atoms with Crippen molar-refractivity contribution in [3.63, 3.8) is 0 Å². The van der Waals surface area contributed by atoms with Crippen molar-refractivity contribution in [1.29, 1.82) is 0 Å². The summed E-state index contributed by atoms with van der Waals surface area (Å²) < 4.78 is 10.7. The fourth-order valence-electron chi connectivity index (χ4n) is 3.24. The molecule has 4 rings (SSSR count). The number of benzene rings is 1. The Hall–Kier alpha value is -3.01. The Morgan fingerprint density at radius 3 is 2.79 bits per heavy atom. The van der Waals surface area contributed by atoms with Crippen molar-refractivity contribution in [2.24, 2.45) is 0 Å². The van der Waals surface area contributed by atoms with Crippen LogP contribution in [0.25, 0.3) is 11.1 Å². The van der Waals surface area contributed by atoms with Crippen molar-refractivity contribution in [3.05, 3.63) is 58.8 Å². The fourth-order valence-corrected chi connectivity index (χ4v) is 3.43. The number of ether oxygens (including phenoxy) is 1. The van der Waals surface area contributed by atoms with Gasteiger partial charge in [0.15, 0.2) is 5.76 Å². The summed E-state index contributed by atoms with van der Waals surface area (Å²) >= 11 is 5.96. The minimum atomic E-state index is -1.14. The summed E-state index contributed by atoms with van der Waals surface area (Å²) in [5.41, 5.74) is -0.0368. The molecule has 2 aromatic heterocycles. The summed E-state index contributed by atoms with van der Waals surface area (Å²) in [6, 6.07) is 12.4. The third-order valence-corrected chi connectivity index (χ3v) is 5.15. The van der Waals surface area contributed by atoms with Gasteiger partial charge in [-0.3, -0.25) is 4.79 Å². The zero-order valence-electron chi connectivity index (χ0n) is 15.8. The van der Waals surface area contributed by atoms with Crippen LogP contribution < -0.4 is 4.74 Å². The van der Waals surface area contributed by atoms with Crippen LogP contribution in [0.15, 0.2) is 46.9 Å². The van der Waals surface area contributed by atoms with E-state index in [1.807, 2.05) is 12.1 Å². The lowest BCUT2D eigenvalue weighted by atomic mass is 9.91. The highest BCUT2D eigenvalue weighted by Crippen LogP contribution is 2.26. The molecule has 0 radical (unpaired) electrons. The molecule has 148 valence electrons. The van der Waals surface area contributed by atoms with Gasteiger partial charge in [0.1, 0.15) is 5.60 Å². The summed E-state index contributed by atoms with van der Waals surface area (Å²) in [6.45, 7) is 0.765. The molecule has 0 saturated carbocycles. The van der Waals surface area contributed by atoms with Gasteiger partial charge in [0.2, 0.25) is 11.6 Å². The Labute approximate surface area is 173 Å². The molecule has 0 atom stereocenters. The van der Waals surface area contributed by atoms with Crippen molar-refractivity contribution < 1.29 is 19.1 Å². The highest BCUT2D eigenvalue weighted by molar-refractivity contribution is 6.30. The molecule has 0 spiro atoms. The minimum Gasteiger partial charge on any atom is -0.481 e. The molecule has 3 heterocycles. The van der Waals surface area contributed by atoms with Crippen molar-refractivity contribution in [2.45, 2.75) is 18.4 Å². The second-order valence-corrected chi connectivity index (χ2v) is 7.38. The predicted molar refractivity (Wildman–Crippen MR) is 109 cm³/mol. The van der Waals surface area contributed by atoms with Crippen molar-refractivity contribution >= 4 is 28.6 Å². The number of pyridine rings is 1. The Balaban J connectivity index is 1.44. The van der Waals surface area contributed by atoms with E-state index < -0.39 is 5.60 Å². The molecule has 29 heavy (non-hydrogen) atoms. The summed E-state index contributed by atoms with van der Waals surface area (Å²) in [6.07, 6.45) is 0.719. The van der Waals surface area contributed by atoms with Gasteiger partial charge in [-0.05, 0) is 30.3 Å². The summed E-state index contributed by atoms with van der Waals surface area (Å²) in [4.78, 5) is 18.6. The number of hydrogen-bond acceptors (Lipinski definition) is 5. The number of amides is 1. The number of piperidine rings is 1. The molecule has 7 heteroatoms. The average Bonchev–Trinajstić information content (AvgIpc) is 3.16. The van der Waals surface area contributed by atoms with Crippen LogP contribution in [0.5, 0.6) is 5.88 Å². The first-order valence-corrected chi connectivity index (χ1v) is 9.59. The monoisotopic (exact) mass is 410 g/mol. The molecule has 0 bridgehead atoms. The van der Waals surface area contributed by atoms with Crippen molar-refractivity contribution in [1.82, 2.24) is 9.88 Å².